The van der Waals surface area contributed by atoms with E-state index in [1.165, 1.54) is 7.11 Å². The van der Waals surface area contributed by atoms with Gasteiger partial charge in [-0.2, -0.15) is 0 Å². The molecule has 4 heteroatoms. The van der Waals surface area contributed by atoms with Crippen LogP contribution in [0.2, 0.25) is 0 Å². The number of rotatable bonds is 5. The fourth-order valence-electron chi connectivity index (χ4n) is 1.11. The van der Waals surface area contributed by atoms with Crippen molar-refractivity contribution in [3.63, 3.8) is 0 Å². The normalized spacial score (nSPS) is 13.5. The zero-order chi connectivity index (χ0) is 10.4. The molecule has 0 aliphatic rings. The minimum absolute atomic E-state index is 0.152. The molecule has 0 aromatic rings. The Morgan fingerprint density at radius 1 is 1.31 bits per heavy atom. The molecule has 0 saturated carbocycles. The topological polar surface area (TPSA) is 32.8 Å². The highest BCUT2D eigenvalue weighted by Crippen LogP contribution is 2.02. The Morgan fingerprint density at radius 2 is 1.85 bits per heavy atom. The summed E-state index contributed by atoms with van der Waals surface area (Å²) < 4.78 is 4.63. The van der Waals surface area contributed by atoms with Crippen molar-refractivity contribution in [2.45, 2.75) is 12.5 Å². The largest absolute Gasteiger partial charge is 0.469 e. The minimum Gasteiger partial charge on any atom is -0.469 e. The van der Waals surface area contributed by atoms with E-state index in [1.807, 2.05) is 33.1 Å². The molecule has 0 amide bonds. The number of likely N-dealkylation sites (N-methyl/N-ethyl adjacent to an activating group) is 2. The van der Waals surface area contributed by atoms with Gasteiger partial charge in [-0.3, -0.25) is 4.79 Å². The number of nitrogens with zero attached hydrogens (tertiary/aromatic N) is 2. The Hall–Kier alpha value is -0.610. The maximum Gasteiger partial charge on any atom is 0.307 e. The molecule has 13 heavy (non-hydrogen) atoms. The number of hydrogen-bond donors (Lipinski definition) is 0. The first-order valence-electron chi connectivity index (χ1n) is 4.35. The fraction of sp³-hybridized carbons (Fsp3) is 0.889. The highest BCUT2D eigenvalue weighted by atomic mass is 16.5. The van der Waals surface area contributed by atoms with Gasteiger partial charge in [0.25, 0.3) is 0 Å². The van der Waals surface area contributed by atoms with Gasteiger partial charge in [0.1, 0.15) is 0 Å². The van der Waals surface area contributed by atoms with Gasteiger partial charge in [0, 0.05) is 12.6 Å². The van der Waals surface area contributed by atoms with E-state index in [0.717, 1.165) is 6.54 Å². The predicted molar refractivity (Wildman–Crippen MR) is 52.7 cm³/mol. The van der Waals surface area contributed by atoms with Crippen LogP contribution in [0, 0.1) is 0 Å². The van der Waals surface area contributed by atoms with E-state index in [4.69, 9.17) is 0 Å². The molecule has 0 spiro atoms. The molecule has 1 atom stereocenters. The first-order chi connectivity index (χ1) is 5.97. The van der Waals surface area contributed by atoms with Gasteiger partial charge in [-0.25, -0.2) is 0 Å². The molecule has 0 aromatic heterocycles. The van der Waals surface area contributed by atoms with Crippen LogP contribution in [0.4, 0.5) is 0 Å². The van der Waals surface area contributed by atoms with Crippen LogP contribution in [0.15, 0.2) is 0 Å². The van der Waals surface area contributed by atoms with E-state index in [2.05, 4.69) is 9.64 Å². The molecule has 0 bridgehead atoms. The Morgan fingerprint density at radius 3 is 2.15 bits per heavy atom. The Bertz CT molecular complexity index is 158. The van der Waals surface area contributed by atoms with Crippen molar-refractivity contribution in [3.05, 3.63) is 0 Å². The summed E-state index contributed by atoms with van der Waals surface area (Å²) in [6, 6.07) is 0.224. The van der Waals surface area contributed by atoms with Gasteiger partial charge in [0.05, 0.1) is 13.5 Å². The number of ether oxygens (including phenoxy) is 1. The molecule has 0 rings (SSSR count). The minimum atomic E-state index is -0.152. The summed E-state index contributed by atoms with van der Waals surface area (Å²) in [5.74, 6) is -0.152. The quantitative estimate of drug-likeness (QED) is 0.570. The third-order valence-electron chi connectivity index (χ3n) is 1.94. The van der Waals surface area contributed by atoms with Gasteiger partial charge < -0.3 is 14.5 Å². The van der Waals surface area contributed by atoms with E-state index in [9.17, 15) is 4.79 Å². The zero-order valence-electron chi connectivity index (χ0n) is 9.20. The van der Waals surface area contributed by atoms with Crippen molar-refractivity contribution < 1.29 is 9.53 Å². The number of carbonyl (C=O) groups excluding carboxylic acids is 1. The molecule has 1 unspecified atom stereocenters. The van der Waals surface area contributed by atoms with E-state index in [-0.39, 0.29) is 12.0 Å². The Kier molecular flexibility index (Phi) is 5.66. The molecular formula is C9H20N2O2. The molecule has 0 N–H and O–H groups in total. The molecule has 4 nitrogen and oxygen atoms in total. The zero-order valence-corrected chi connectivity index (χ0v) is 9.20. The lowest BCUT2D eigenvalue weighted by Gasteiger charge is -2.26. The van der Waals surface area contributed by atoms with Crippen molar-refractivity contribution in [3.8, 4) is 0 Å². The predicted octanol–water partition coefficient (Wildman–Crippen LogP) is 0.0413. The summed E-state index contributed by atoms with van der Waals surface area (Å²) in [7, 11) is 9.35. The molecule has 0 aliphatic heterocycles. The van der Waals surface area contributed by atoms with E-state index < -0.39 is 0 Å². The van der Waals surface area contributed by atoms with Crippen molar-refractivity contribution in [2.75, 3.05) is 41.8 Å². The van der Waals surface area contributed by atoms with Crippen molar-refractivity contribution >= 4 is 5.97 Å². The lowest BCUT2D eigenvalue weighted by molar-refractivity contribution is -0.141. The number of methoxy groups -OCH3 is 1. The average Bonchev–Trinajstić information content (AvgIpc) is 2.02. The van der Waals surface area contributed by atoms with Gasteiger partial charge in [-0.05, 0) is 28.2 Å². The van der Waals surface area contributed by atoms with Crippen LogP contribution < -0.4 is 0 Å². The molecule has 0 saturated heterocycles. The van der Waals surface area contributed by atoms with Crippen LogP contribution in [0.1, 0.15) is 6.42 Å². The Labute approximate surface area is 80.5 Å². The third-order valence-corrected chi connectivity index (χ3v) is 1.94. The lowest BCUT2D eigenvalue weighted by atomic mass is 10.2. The first-order valence-corrected chi connectivity index (χ1v) is 4.35. The summed E-state index contributed by atoms with van der Waals surface area (Å²) in [5, 5.41) is 0. The SMILES string of the molecule is COC(=O)CC(CN(C)C)N(C)C. The van der Waals surface area contributed by atoms with E-state index in [0.29, 0.717) is 6.42 Å². The van der Waals surface area contributed by atoms with Crippen LogP contribution in [-0.2, 0) is 9.53 Å². The summed E-state index contributed by atoms with van der Waals surface area (Å²) in [6.45, 7) is 0.863. The van der Waals surface area contributed by atoms with Crippen molar-refractivity contribution in [1.82, 2.24) is 9.80 Å². The molecule has 0 aliphatic carbocycles. The van der Waals surface area contributed by atoms with Crippen LogP contribution in [0.5, 0.6) is 0 Å². The highest BCUT2D eigenvalue weighted by Gasteiger charge is 2.16. The first kappa shape index (κ1) is 12.4. The second-order valence-electron chi connectivity index (χ2n) is 3.66. The van der Waals surface area contributed by atoms with Crippen molar-refractivity contribution in [2.24, 2.45) is 0 Å². The van der Waals surface area contributed by atoms with Gasteiger partial charge in [0.2, 0.25) is 0 Å². The second kappa shape index (κ2) is 5.94. The second-order valence-corrected chi connectivity index (χ2v) is 3.66. The van der Waals surface area contributed by atoms with Gasteiger partial charge in [-0.1, -0.05) is 0 Å². The molecule has 0 heterocycles. The molecule has 0 radical (unpaired) electrons. The van der Waals surface area contributed by atoms with Gasteiger partial charge in [0.15, 0.2) is 0 Å². The Balaban J connectivity index is 4.02. The summed E-state index contributed by atoms with van der Waals surface area (Å²) in [6.07, 6.45) is 0.446. The average molecular weight is 188 g/mol. The fourth-order valence-corrected chi connectivity index (χ4v) is 1.11. The number of esters is 1. The molecule has 0 aromatic carbocycles. The molecule has 0 fully saturated rings. The lowest BCUT2D eigenvalue weighted by Crippen LogP contribution is -2.39. The van der Waals surface area contributed by atoms with Crippen LogP contribution in [0.3, 0.4) is 0 Å². The van der Waals surface area contributed by atoms with E-state index >= 15 is 0 Å². The monoisotopic (exact) mass is 188 g/mol. The highest BCUT2D eigenvalue weighted by molar-refractivity contribution is 5.69. The summed E-state index contributed by atoms with van der Waals surface area (Å²) >= 11 is 0. The molecule has 78 valence electrons. The van der Waals surface area contributed by atoms with Crippen LogP contribution >= 0.6 is 0 Å². The third kappa shape index (κ3) is 5.60. The standard InChI is InChI=1S/C9H20N2O2/c1-10(2)7-8(11(3)4)6-9(12)13-5/h8H,6-7H2,1-5H3. The summed E-state index contributed by atoms with van der Waals surface area (Å²) in [5.41, 5.74) is 0. The van der Waals surface area contributed by atoms with Gasteiger partial charge >= 0.3 is 5.97 Å². The van der Waals surface area contributed by atoms with Crippen molar-refractivity contribution in [1.29, 1.82) is 0 Å². The maximum absolute atomic E-state index is 11.0. The van der Waals surface area contributed by atoms with Gasteiger partial charge in [-0.15, -0.1) is 0 Å². The van der Waals surface area contributed by atoms with Crippen LogP contribution in [0.25, 0.3) is 0 Å². The van der Waals surface area contributed by atoms with Crippen LogP contribution in [-0.4, -0.2) is 63.7 Å². The maximum atomic E-state index is 11.0. The number of carbonyl (C=O) groups is 1. The number of hydrogen-bond acceptors (Lipinski definition) is 4. The van der Waals surface area contributed by atoms with E-state index in [1.54, 1.807) is 0 Å². The molecular weight excluding hydrogens is 168 g/mol. The smallest absolute Gasteiger partial charge is 0.307 e. The summed E-state index contributed by atoms with van der Waals surface area (Å²) in [4.78, 5) is 15.1.